The molecule has 1 aliphatic carbocycles. The van der Waals surface area contributed by atoms with Gasteiger partial charge in [-0.2, -0.15) is 0 Å². The number of unbranched alkanes of at least 4 members (excludes halogenated alkanes) is 1. The van der Waals surface area contributed by atoms with Crippen LogP contribution in [0.25, 0.3) is 0 Å². The minimum atomic E-state index is -0.721. The number of nitrogens with one attached hydrogen (secondary N) is 1. The van der Waals surface area contributed by atoms with E-state index in [1.165, 1.54) is 11.1 Å². The molecule has 0 spiro atoms. The summed E-state index contributed by atoms with van der Waals surface area (Å²) in [4.78, 5) is 22.6. The number of carbonyl (C=O) groups excluding carboxylic acids is 1. The van der Waals surface area contributed by atoms with Crippen LogP contribution < -0.4 is 10.1 Å². The topological polar surface area (TPSA) is 84.9 Å². The van der Waals surface area contributed by atoms with Gasteiger partial charge in [0.05, 0.1) is 6.61 Å². The average Bonchev–Trinajstić information content (AvgIpc) is 2.76. The van der Waals surface area contributed by atoms with Crippen molar-refractivity contribution in [3.05, 3.63) is 29.3 Å². The van der Waals surface area contributed by atoms with E-state index in [4.69, 9.17) is 14.6 Å². The fourth-order valence-electron chi connectivity index (χ4n) is 3.46. The molecule has 1 aromatic rings. The van der Waals surface area contributed by atoms with Gasteiger partial charge in [-0.3, -0.25) is 4.79 Å². The minimum Gasteiger partial charge on any atom is -0.494 e. The van der Waals surface area contributed by atoms with Gasteiger partial charge in [-0.1, -0.05) is 6.07 Å². The van der Waals surface area contributed by atoms with Gasteiger partial charge >= 0.3 is 12.1 Å². The van der Waals surface area contributed by atoms with Crippen LogP contribution in [0.2, 0.25) is 0 Å². The highest BCUT2D eigenvalue weighted by molar-refractivity contribution is 5.67. The van der Waals surface area contributed by atoms with Gasteiger partial charge in [-0.15, -0.1) is 0 Å². The van der Waals surface area contributed by atoms with Crippen molar-refractivity contribution >= 4 is 12.1 Å². The summed E-state index contributed by atoms with van der Waals surface area (Å²) in [5.74, 6) is 0.309. The number of fused-ring (bicyclic) bond motifs is 1. The third kappa shape index (κ3) is 8.19. The van der Waals surface area contributed by atoms with Gasteiger partial charge in [0, 0.05) is 13.0 Å². The van der Waals surface area contributed by atoms with Crippen molar-refractivity contribution in [2.75, 3.05) is 13.2 Å². The maximum Gasteiger partial charge on any atom is 0.407 e. The number of rotatable bonds is 8. The summed E-state index contributed by atoms with van der Waals surface area (Å²) in [6.45, 7) is 6.65. The van der Waals surface area contributed by atoms with Crippen molar-refractivity contribution in [1.82, 2.24) is 5.32 Å². The van der Waals surface area contributed by atoms with Crippen molar-refractivity contribution in [1.29, 1.82) is 0 Å². The zero-order valence-corrected chi connectivity index (χ0v) is 17.3. The van der Waals surface area contributed by atoms with E-state index < -0.39 is 17.7 Å². The average molecular weight is 392 g/mol. The molecular formula is C22H33NO5. The Morgan fingerprint density at radius 2 is 2.00 bits per heavy atom. The maximum atomic E-state index is 11.6. The first-order chi connectivity index (χ1) is 13.2. The zero-order chi connectivity index (χ0) is 20.6. The maximum absolute atomic E-state index is 11.6. The normalized spacial score (nSPS) is 16.6. The SMILES string of the molecule is CC(C)(C)OC(=O)NCCCCOc1ccc2c(c1)CC(CC(=O)O)CCC2. The summed E-state index contributed by atoms with van der Waals surface area (Å²) in [5, 5.41) is 11.8. The summed E-state index contributed by atoms with van der Waals surface area (Å²) in [6, 6.07) is 6.17. The van der Waals surface area contributed by atoms with Gasteiger partial charge in [-0.25, -0.2) is 4.79 Å². The summed E-state index contributed by atoms with van der Waals surface area (Å²) in [6.07, 6.45) is 5.28. The van der Waals surface area contributed by atoms with Crippen LogP contribution in [0.5, 0.6) is 5.75 Å². The molecule has 0 radical (unpaired) electrons. The molecule has 6 nitrogen and oxygen atoms in total. The molecule has 1 unspecified atom stereocenters. The summed E-state index contributed by atoms with van der Waals surface area (Å²) in [7, 11) is 0. The molecule has 28 heavy (non-hydrogen) atoms. The van der Waals surface area contributed by atoms with Crippen molar-refractivity contribution in [2.45, 2.75) is 71.3 Å². The van der Waals surface area contributed by atoms with Gasteiger partial charge in [-0.05, 0) is 88.5 Å². The molecule has 156 valence electrons. The van der Waals surface area contributed by atoms with Crippen LogP contribution in [-0.4, -0.2) is 35.9 Å². The van der Waals surface area contributed by atoms with Gasteiger partial charge in [0.25, 0.3) is 0 Å². The predicted molar refractivity (Wildman–Crippen MR) is 108 cm³/mol. The lowest BCUT2D eigenvalue weighted by Gasteiger charge is -2.19. The van der Waals surface area contributed by atoms with Crippen LogP contribution >= 0.6 is 0 Å². The number of carboxylic acid groups (broad SMARTS) is 1. The number of ether oxygens (including phenoxy) is 2. The lowest BCUT2D eigenvalue weighted by Crippen LogP contribution is -2.33. The Hall–Kier alpha value is -2.24. The second-order valence-corrected chi connectivity index (χ2v) is 8.47. The van der Waals surface area contributed by atoms with Gasteiger partial charge in [0.15, 0.2) is 0 Å². The van der Waals surface area contributed by atoms with Crippen LogP contribution in [0.3, 0.4) is 0 Å². The molecule has 0 aliphatic heterocycles. The minimum absolute atomic E-state index is 0.202. The Balaban J connectivity index is 1.73. The number of carbonyl (C=O) groups is 2. The molecule has 0 aromatic heterocycles. The molecule has 0 heterocycles. The highest BCUT2D eigenvalue weighted by Gasteiger charge is 2.19. The number of aryl methyl sites for hydroxylation is 1. The standard InChI is InChI=1S/C22H33NO5/c1-22(2,3)28-21(26)23-11-4-5-12-27-19-10-9-17-8-6-7-16(14-20(24)25)13-18(17)15-19/h9-10,15-16H,4-8,11-14H2,1-3H3,(H,23,26)(H,24,25). The second kappa shape index (κ2) is 10.3. The Kier molecular flexibility index (Phi) is 8.15. The van der Waals surface area contributed by atoms with E-state index >= 15 is 0 Å². The fourth-order valence-corrected chi connectivity index (χ4v) is 3.46. The Bertz CT molecular complexity index is 665. The lowest BCUT2D eigenvalue weighted by molar-refractivity contribution is -0.138. The van der Waals surface area contributed by atoms with E-state index in [0.717, 1.165) is 44.3 Å². The van der Waals surface area contributed by atoms with Crippen molar-refractivity contribution < 1.29 is 24.2 Å². The first kappa shape index (κ1) is 22.1. The van der Waals surface area contributed by atoms with Crippen LogP contribution in [-0.2, 0) is 22.4 Å². The molecule has 1 amide bonds. The van der Waals surface area contributed by atoms with Crippen LogP contribution in [0.1, 0.15) is 64.0 Å². The van der Waals surface area contributed by atoms with Gasteiger partial charge in [0.2, 0.25) is 0 Å². The molecule has 1 aliphatic rings. The smallest absolute Gasteiger partial charge is 0.407 e. The summed E-state index contributed by atoms with van der Waals surface area (Å²) >= 11 is 0. The fraction of sp³-hybridized carbons (Fsp3) is 0.636. The first-order valence-corrected chi connectivity index (χ1v) is 10.2. The molecule has 6 heteroatoms. The molecule has 1 atom stereocenters. The van der Waals surface area contributed by atoms with E-state index in [-0.39, 0.29) is 12.3 Å². The number of hydrogen-bond acceptors (Lipinski definition) is 4. The van der Waals surface area contributed by atoms with E-state index in [1.807, 2.05) is 26.8 Å². The molecule has 0 saturated heterocycles. The molecular weight excluding hydrogens is 358 g/mol. The Morgan fingerprint density at radius 3 is 2.71 bits per heavy atom. The number of alkyl carbamates (subject to hydrolysis) is 1. The number of benzene rings is 1. The third-order valence-electron chi connectivity index (χ3n) is 4.72. The molecule has 0 fully saturated rings. The van der Waals surface area contributed by atoms with Gasteiger partial charge < -0.3 is 19.9 Å². The number of carboxylic acids is 1. The molecule has 0 saturated carbocycles. The molecule has 1 aromatic carbocycles. The van der Waals surface area contributed by atoms with Crippen molar-refractivity contribution in [3.8, 4) is 5.75 Å². The highest BCUT2D eigenvalue weighted by atomic mass is 16.6. The van der Waals surface area contributed by atoms with E-state index in [0.29, 0.717) is 13.2 Å². The van der Waals surface area contributed by atoms with E-state index in [1.54, 1.807) is 0 Å². The number of aliphatic carboxylic acids is 1. The second-order valence-electron chi connectivity index (χ2n) is 8.47. The molecule has 2 rings (SSSR count). The quantitative estimate of drug-likeness (QED) is 0.509. The summed E-state index contributed by atoms with van der Waals surface area (Å²) in [5.41, 5.74) is 2.04. The zero-order valence-electron chi connectivity index (χ0n) is 17.3. The number of hydrogen-bond donors (Lipinski definition) is 2. The van der Waals surface area contributed by atoms with Gasteiger partial charge in [0.1, 0.15) is 11.4 Å². The predicted octanol–water partition coefficient (Wildman–Crippen LogP) is 4.34. The molecule has 0 bridgehead atoms. The van der Waals surface area contributed by atoms with E-state index in [9.17, 15) is 9.59 Å². The Labute approximate surface area is 167 Å². The van der Waals surface area contributed by atoms with Crippen LogP contribution in [0, 0.1) is 5.92 Å². The van der Waals surface area contributed by atoms with Crippen molar-refractivity contribution in [3.63, 3.8) is 0 Å². The van der Waals surface area contributed by atoms with Crippen LogP contribution in [0.4, 0.5) is 4.79 Å². The summed E-state index contributed by atoms with van der Waals surface area (Å²) < 4.78 is 11.0. The van der Waals surface area contributed by atoms with E-state index in [2.05, 4.69) is 17.4 Å². The Morgan fingerprint density at radius 1 is 1.21 bits per heavy atom. The molecule has 2 N–H and O–H groups in total. The first-order valence-electron chi connectivity index (χ1n) is 10.2. The monoisotopic (exact) mass is 391 g/mol. The highest BCUT2D eigenvalue weighted by Crippen LogP contribution is 2.29. The largest absolute Gasteiger partial charge is 0.494 e. The third-order valence-corrected chi connectivity index (χ3v) is 4.72. The van der Waals surface area contributed by atoms with Crippen molar-refractivity contribution in [2.24, 2.45) is 5.92 Å². The lowest BCUT2D eigenvalue weighted by atomic mass is 9.94. The number of amides is 1. The van der Waals surface area contributed by atoms with Crippen LogP contribution in [0.15, 0.2) is 18.2 Å².